The Labute approximate surface area is 152 Å². The van der Waals surface area contributed by atoms with Crippen LogP contribution in [0.25, 0.3) is 0 Å². The molecule has 25 heavy (non-hydrogen) atoms. The lowest BCUT2D eigenvalue weighted by atomic mass is 9.96. The van der Waals surface area contributed by atoms with Crippen LogP contribution < -0.4 is 9.47 Å². The Bertz CT molecular complexity index is 801. The largest absolute Gasteiger partial charge is 0.480 e. The minimum Gasteiger partial charge on any atom is -0.480 e. The second-order valence-corrected chi connectivity index (χ2v) is 6.32. The van der Waals surface area contributed by atoms with Gasteiger partial charge in [-0.2, -0.15) is 0 Å². The summed E-state index contributed by atoms with van der Waals surface area (Å²) in [5.41, 5.74) is 0.110. The summed E-state index contributed by atoms with van der Waals surface area (Å²) >= 11 is 5.87. The number of benzene rings is 3. The van der Waals surface area contributed by atoms with E-state index in [1.54, 1.807) is 12.1 Å². The van der Waals surface area contributed by atoms with Crippen LogP contribution in [0, 0.1) is 0 Å². The highest BCUT2D eigenvalue weighted by atomic mass is 35.5. The van der Waals surface area contributed by atoms with Crippen LogP contribution in [0.1, 0.15) is 12.5 Å². The van der Waals surface area contributed by atoms with E-state index in [1.165, 1.54) is 0 Å². The van der Waals surface area contributed by atoms with Gasteiger partial charge in [-0.05, 0) is 61.0 Å². The van der Waals surface area contributed by atoms with Crippen molar-refractivity contribution >= 4 is 11.6 Å². The van der Waals surface area contributed by atoms with Crippen molar-refractivity contribution < 1.29 is 14.6 Å². The molecule has 0 saturated carbocycles. The number of ether oxygens (including phenoxy) is 2. The van der Waals surface area contributed by atoms with Crippen molar-refractivity contribution in [2.45, 2.75) is 12.5 Å². The standard InChI is InChI=1S/C21H19ClO3/c1-21(15-23,16-5-3-2-4-6-16)25-20-13-11-19(12-14-20)24-18-9-7-17(22)8-10-18/h2-14,23H,15H2,1H3. The number of rotatable bonds is 6. The van der Waals surface area contributed by atoms with Crippen molar-refractivity contribution in [1.82, 2.24) is 0 Å². The molecule has 0 saturated heterocycles. The van der Waals surface area contributed by atoms with Crippen molar-refractivity contribution in [1.29, 1.82) is 0 Å². The fourth-order valence-electron chi connectivity index (χ4n) is 2.45. The molecule has 0 amide bonds. The smallest absolute Gasteiger partial charge is 0.154 e. The summed E-state index contributed by atoms with van der Waals surface area (Å²) in [6.07, 6.45) is 0. The van der Waals surface area contributed by atoms with Gasteiger partial charge in [0.25, 0.3) is 0 Å². The summed E-state index contributed by atoms with van der Waals surface area (Å²) in [6, 6.07) is 24.1. The maximum absolute atomic E-state index is 9.81. The molecule has 3 aromatic rings. The van der Waals surface area contributed by atoms with Crippen LogP contribution in [-0.4, -0.2) is 11.7 Å². The van der Waals surface area contributed by atoms with E-state index in [9.17, 15) is 5.11 Å². The van der Waals surface area contributed by atoms with E-state index < -0.39 is 5.60 Å². The van der Waals surface area contributed by atoms with Gasteiger partial charge in [-0.3, -0.25) is 0 Å². The van der Waals surface area contributed by atoms with E-state index in [2.05, 4.69) is 0 Å². The number of hydrogen-bond acceptors (Lipinski definition) is 3. The van der Waals surface area contributed by atoms with Gasteiger partial charge in [0.05, 0.1) is 6.61 Å². The predicted octanol–water partition coefficient (Wildman–Crippen LogP) is 5.42. The van der Waals surface area contributed by atoms with Crippen LogP contribution >= 0.6 is 11.6 Å². The Kier molecular flexibility index (Phi) is 5.27. The first kappa shape index (κ1) is 17.3. The zero-order chi connectivity index (χ0) is 17.7. The molecular formula is C21H19ClO3. The summed E-state index contributed by atoms with van der Waals surface area (Å²) in [6.45, 7) is 1.74. The molecule has 0 spiro atoms. The number of hydrogen-bond donors (Lipinski definition) is 1. The molecule has 0 fully saturated rings. The first-order valence-electron chi connectivity index (χ1n) is 7.98. The van der Waals surface area contributed by atoms with Gasteiger partial charge in [0.1, 0.15) is 17.2 Å². The van der Waals surface area contributed by atoms with E-state index in [1.807, 2.05) is 73.7 Å². The fourth-order valence-corrected chi connectivity index (χ4v) is 2.57. The van der Waals surface area contributed by atoms with Gasteiger partial charge in [-0.15, -0.1) is 0 Å². The molecule has 0 heterocycles. The van der Waals surface area contributed by atoms with Crippen LogP contribution in [0.15, 0.2) is 78.9 Å². The second-order valence-electron chi connectivity index (χ2n) is 5.88. The Balaban J connectivity index is 1.72. The van der Waals surface area contributed by atoms with E-state index in [0.717, 1.165) is 5.56 Å². The van der Waals surface area contributed by atoms with Crippen LogP contribution in [0.5, 0.6) is 17.2 Å². The van der Waals surface area contributed by atoms with Gasteiger partial charge in [0.15, 0.2) is 5.60 Å². The highest BCUT2D eigenvalue weighted by Crippen LogP contribution is 2.30. The molecule has 0 aliphatic rings. The molecule has 0 aliphatic heterocycles. The lowest BCUT2D eigenvalue weighted by molar-refractivity contribution is 0.0216. The Morgan fingerprint density at radius 3 is 1.88 bits per heavy atom. The molecule has 0 aliphatic carbocycles. The summed E-state index contributed by atoms with van der Waals surface area (Å²) < 4.78 is 11.8. The van der Waals surface area contributed by atoms with Gasteiger partial charge < -0.3 is 14.6 Å². The molecule has 128 valence electrons. The summed E-state index contributed by atoms with van der Waals surface area (Å²) in [7, 11) is 0. The van der Waals surface area contributed by atoms with Crippen LogP contribution in [-0.2, 0) is 5.60 Å². The topological polar surface area (TPSA) is 38.7 Å². The molecule has 4 heteroatoms. The van der Waals surface area contributed by atoms with Crippen molar-refractivity contribution in [2.75, 3.05) is 6.61 Å². The summed E-state index contributed by atoms with van der Waals surface area (Å²) in [4.78, 5) is 0. The normalized spacial score (nSPS) is 13.1. The third kappa shape index (κ3) is 4.32. The molecule has 3 rings (SSSR count). The summed E-state index contributed by atoms with van der Waals surface area (Å²) in [5, 5.41) is 10.5. The molecular weight excluding hydrogens is 336 g/mol. The Morgan fingerprint density at radius 1 is 0.800 bits per heavy atom. The van der Waals surface area contributed by atoms with E-state index in [4.69, 9.17) is 21.1 Å². The average Bonchev–Trinajstić information content (AvgIpc) is 2.66. The highest BCUT2D eigenvalue weighted by Gasteiger charge is 2.27. The van der Waals surface area contributed by atoms with Gasteiger partial charge in [0.2, 0.25) is 0 Å². The van der Waals surface area contributed by atoms with Crippen LogP contribution in [0.4, 0.5) is 0 Å². The van der Waals surface area contributed by atoms with E-state index >= 15 is 0 Å². The number of halogens is 1. The third-order valence-corrected chi connectivity index (χ3v) is 4.15. The zero-order valence-electron chi connectivity index (χ0n) is 13.9. The lowest BCUT2D eigenvalue weighted by Gasteiger charge is -2.29. The van der Waals surface area contributed by atoms with Crippen LogP contribution in [0.3, 0.4) is 0 Å². The van der Waals surface area contributed by atoms with Crippen molar-refractivity contribution in [3.05, 3.63) is 89.4 Å². The molecule has 1 unspecified atom stereocenters. The van der Waals surface area contributed by atoms with Crippen molar-refractivity contribution in [3.8, 4) is 17.2 Å². The van der Waals surface area contributed by atoms with E-state index in [0.29, 0.717) is 22.3 Å². The molecule has 3 nitrogen and oxygen atoms in total. The molecule has 0 aromatic heterocycles. The monoisotopic (exact) mass is 354 g/mol. The molecule has 3 aromatic carbocycles. The maximum Gasteiger partial charge on any atom is 0.154 e. The zero-order valence-corrected chi connectivity index (χ0v) is 14.6. The highest BCUT2D eigenvalue weighted by molar-refractivity contribution is 6.30. The second kappa shape index (κ2) is 7.60. The number of aliphatic hydroxyl groups excluding tert-OH is 1. The Hall–Kier alpha value is -2.49. The fraction of sp³-hybridized carbons (Fsp3) is 0.143. The lowest BCUT2D eigenvalue weighted by Crippen LogP contribution is -2.33. The van der Waals surface area contributed by atoms with Crippen molar-refractivity contribution in [2.24, 2.45) is 0 Å². The molecule has 0 bridgehead atoms. The third-order valence-electron chi connectivity index (χ3n) is 3.90. The summed E-state index contributed by atoms with van der Waals surface area (Å²) in [5.74, 6) is 2.06. The van der Waals surface area contributed by atoms with Crippen molar-refractivity contribution in [3.63, 3.8) is 0 Å². The quantitative estimate of drug-likeness (QED) is 0.642. The van der Waals surface area contributed by atoms with Gasteiger partial charge in [0, 0.05) is 5.02 Å². The van der Waals surface area contributed by atoms with Gasteiger partial charge in [-0.1, -0.05) is 41.9 Å². The Morgan fingerprint density at radius 2 is 1.32 bits per heavy atom. The van der Waals surface area contributed by atoms with Gasteiger partial charge in [-0.25, -0.2) is 0 Å². The number of aliphatic hydroxyl groups is 1. The first-order valence-corrected chi connectivity index (χ1v) is 8.36. The van der Waals surface area contributed by atoms with E-state index in [-0.39, 0.29) is 6.61 Å². The SMILES string of the molecule is CC(CO)(Oc1ccc(Oc2ccc(Cl)cc2)cc1)c1ccccc1. The molecule has 1 atom stereocenters. The maximum atomic E-state index is 9.81. The molecule has 0 radical (unpaired) electrons. The van der Waals surface area contributed by atoms with Crippen LogP contribution in [0.2, 0.25) is 5.02 Å². The minimum absolute atomic E-state index is 0.125. The first-order chi connectivity index (χ1) is 12.1. The molecule has 1 N–H and O–H groups in total. The average molecular weight is 355 g/mol. The van der Waals surface area contributed by atoms with Gasteiger partial charge >= 0.3 is 0 Å². The minimum atomic E-state index is -0.806. The predicted molar refractivity (Wildman–Crippen MR) is 99.5 cm³/mol.